The first-order valence-corrected chi connectivity index (χ1v) is 7.96. The van der Waals surface area contributed by atoms with Crippen LogP contribution in [-0.2, 0) is 4.74 Å². The van der Waals surface area contributed by atoms with Gasteiger partial charge in [0, 0.05) is 31.5 Å². The molecule has 1 aromatic rings. The molecule has 1 aliphatic carbocycles. The van der Waals surface area contributed by atoms with Crippen molar-refractivity contribution in [1.29, 1.82) is 0 Å². The molecule has 0 unspecified atom stereocenters. The first-order chi connectivity index (χ1) is 10.7. The Bertz CT molecular complexity index is 504. The highest BCUT2D eigenvalue weighted by Gasteiger charge is 2.36. The third kappa shape index (κ3) is 6.18. The van der Waals surface area contributed by atoms with E-state index >= 15 is 0 Å². The van der Waals surface area contributed by atoms with Gasteiger partial charge in [-0.3, -0.25) is 4.99 Å². The lowest BCUT2D eigenvalue weighted by Crippen LogP contribution is -2.35. The molecule has 2 rings (SSSR count). The Morgan fingerprint density at radius 2 is 2.17 bits per heavy atom. The van der Waals surface area contributed by atoms with E-state index in [-0.39, 0.29) is 29.4 Å². The Morgan fingerprint density at radius 3 is 2.78 bits per heavy atom. The Labute approximate surface area is 156 Å². The van der Waals surface area contributed by atoms with Crippen molar-refractivity contribution in [1.82, 2.24) is 0 Å². The second-order valence-electron chi connectivity index (χ2n) is 5.86. The summed E-state index contributed by atoms with van der Waals surface area (Å²) in [5.41, 5.74) is 7.18. The molecule has 1 aliphatic rings. The molecule has 6 heteroatoms. The van der Waals surface area contributed by atoms with Gasteiger partial charge in [0.15, 0.2) is 5.96 Å². The zero-order valence-electron chi connectivity index (χ0n) is 14.0. The lowest BCUT2D eigenvalue weighted by Gasteiger charge is -2.40. The van der Waals surface area contributed by atoms with Crippen molar-refractivity contribution in [2.75, 3.05) is 32.2 Å². The maximum Gasteiger partial charge on any atom is 0.193 e. The van der Waals surface area contributed by atoms with Crippen LogP contribution < -0.4 is 15.8 Å². The van der Waals surface area contributed by atoms with Crippen LogP contribution in [0.2, 0.25) is 0 Å². The van der Waals surface area contributed by atoms with E-state index in [1.165, 1.54) is 19.3 Å². The fraction of sp³-hybridized carbons (Fsp3) is 0.588. The van der Waals surface area contributed by atoms with Gasteiger partial charge in [0.2, 0.25) is 0 Å². The number of anilines is 1. The zero-order valence-corrected chi connectivity index (χ0v) is 16.3. The molecule has 0 atom stereocenters. The van der Waals surface area contributed by atoms with Crippen molar-refractivity contribution in [3.63, 3.8) is 0 Å². The predicted octanol–water partition coefficient (Wildman–Crippen LogP) is 3.64. The van der Waals surface area contributed by atoms with Crippen LogP contribution >= 0.6 is 24.0 Å². The summed E-state index contributed by atoms with van der Waals surface area (Å²) in [6, 6.07) is 7.66. The van der Waals surface area contributed by atoms with Gasteiger partial charge in [-0.25, -0.2) is 0 Å². The van der Waals surface area contributed by atoms with E-state index in [0.717, 1.165) is 37.6 Å². The number of rotatable bonds is 8. The van der Waals surface area contributed by atoms with Crippen LogP contribution in [0.5, 0.6) is 5.75 Å². The van der Waals surface area contributed by atoms with E-state index in [0.29, 0.717) is 5.96 Å². The third-order valence-electron chi connectivity index (χ3n) is 4.32. The van der Waals surface area contributed by atoms with Gasteiger partial charge < -0.3 is 20.5 Å². The summed E-state index contributed by atoms with van der Waals surface area (Å²) in [4.78, 5) is 4.53. The summed E-state index contributed by atoms with van der Waals surface area (Å²) in [6.45, 7) is 4.39. The fourth-order valence-corrected chi connectivity index (χ4v) is 2.74. The molecule has 0 radical (unpaired) electrons. The van der Waals surface area contributed by atoms with Gasteiger partial charge in [0.1, 0.15) is 5.75 Å². The van der Waals surface area contributed by atoms with Crippen LogP contribution in [0.25, 0.3) is 0 Å². The van der Waals surface area contributed by atoms with Gasteiger partial charge in [-0.15, -0.1) is 24.0 Å². The first-order valence-electron chi connectivity index (χ1n) is 7.96. The van der Waals surface area contributed by atoms with Crippen molar-refractivity contribution < 1.29 is 9.47 Å². The van der Waals surface area contributed by atoms with Crippen molar-refractivity contribution in [2.45, 2.75) is 32.6 Å². The minimum atomic E-state index is 0. The second kappa shape index (κ2) is 9.97. The molecule has 0 saturated heterocycles. The van der Waals surface area contributed by atoms with Crippen LogP contribution in [0.4, 0.5) is 5.69 Å². The topological polar surface area (TPSA) is 68.9 Å². The monoisotopic (exact) mass is 433 g/mol. The number of hydrogen-bond acceptors (Lipinski definition) is 3. The third-order valence-corrected chi connectivity index (χ3v) is 4.32. The number of nitrogens with one attached hydrogen (secondary N) is 1. The van der Waals surface area contributed by atoms with E-state index in [2.05, 4.69) is 10.3 Å². The van der Waals surface area contributed by atoms with Gasteiger partial charge in [0.25, 0.3) is 0 Å². The molecule has 1 aromatic carbocycles. The minimum absolute atomic E-state index is 0. The largest absolute Gasteiger partial charge is 0.497 e. The number of halogens is 1. The lowest BCUT2D eigenvalue weighted by atomic mass is 9.67. The van der Waals surface area contributed by atoms with Gasteiger partial charge in [-0.1, -0.05) is 12.5 Å². The number of hydrogen-bond donors (Lipinski definition) is 2. The highest BCUT2D eigenvalue weighted by Crippen LogP contribution is 2.44. The number of methoxy groups -OCH3 is 1. The molecule has 0 heterocycles. The highest BCUT2D eigenvalue weighted by atomic mass is 127. The van der Waals surface area contributed by atoms with Gasteiger partial charge in [-0.05, 0) is 43.7 Å². The normalized spacial score (nSPS) is 16.2. The van der Waals surface area contributed by atoms with Crippen molar-refractivity contribution in [3.05, 3.63) is 24.3 Å². The van der Waals surface area contributed by atoms with E-state index in [1.807, 2.05) is 31.2 Å². The average Bonchev–Trinajstić information content (AvgIpc) is 2.49. The van der Waals surface area contributed by atoms with E-state index in [1.54, 1.807) is 7.11 Å². The van der Waals surface area contributed by atoms with Crippen molar-refractivity contribution in [3.8, 4) is 5.75 Å². The molecule has 130 valence electrons. The molecule has 1 fully saturated rings. The number of nitrogens with two attached hydrogens (primary N) is 1. The summed E-state index contributed by atoms with van der Waals surface area (Å²) in [6.07, 6.45) is 4.79. The molecule has 3 N–H and O–H groups in total. The molecule has 0 aromatic heterocycles. The predicted molar refractivity (Wildman–Crippen MR) is 106 cm³/mol. The molecule has 5 nitrogen and oxygen atoms in total. The van der Waals surface area contributed by atoms with Crippen LogP contribution in [0.3, 0.4) is 0 Å². The van der Waals surface area contributed by atoms with E-state index < -0.39 is 0 Å². The molecule has 0 bridgehead atoms. The smallest absolute Gasteiger partial charge is 0.193 e. The van der Waals surface area contributed by atoms with Gasteiger partial charge >= 0.3 is 0 Å². The quantitative estimate of drug-likeness (QED) is 0.284. The van der Waals surface area contributed by atoms with Crippen molar-refractivity contribution >= 4 is 35.6 Å². The Balaban J connectivity index is 0.00000264. The maximum absolute atomic E-state index is 6.00. The minimum Gasteiger partial charge on any atom is -0.497 e. The number of ether oxygens (including phenoxy) is 2. The SMILES string of the molecule is CCOCCC1(CN=C(N)Nc2cccc(OC)c2)CCC1.I. The molecule has 1 saturated carbocycles. The fourth-order valence-electron chi connectivity index (χ4n) is 2.74. The molecule has 23 heavy (non-hydrogen) atoms. The second-order valence-corrected chi connectivity index (χ2v) is 5.86. The number of nitrogens with zero attached hydrogens (tertiary/aromatic N) is 1. The Kier molecular flexibility index (Phi) is 8.68. The zero-order chi connectivity index (χ0) is 15.8. The molecule has 0 aliphatic heterocycles. The average molecular weight is 433 g/mol. The Morgan fingerprint density at radius 1 is 1.39 bits per heavy atom. The number of guanidine groups is 1. The molecule has 0 amide bonds. The number of aliphatic imine (C=N–C) groups is 1. The first kappa shape index (κ1) is 20.0. The van der Waals surface area contributed by atoms with E-state index in [4.69, 9.17) is 15.2 Å². The maximum atomic E-state index is 6.00. The van der Waals surface area contributed by atoms with Gasteiger partial charge in [-0.2, -0.15) is 0 Å². The summed E-state index contributed by atoms with van der Waals surface area (Å²) in [5.74, 6) is 1.25. The number of benzene rings is 1. The lowest BCUT2D eigenvalue weighted by molar-refractivity contribution is 0.0610. The van der Waals surface area contributed by atoms with Crippen LogP contribution in [-0.4, -0.2) is 32.8 Å². The summed E-state index contributed by atoms with van der Waals surface area (Å²) in [7, 11) is 1.65. The van der Waals surface area contributed by atoms with Crippen LogP contribution in [0.1, 0.15) is 32.6 Å². The molecule has 0 spiro atoms. The van der Waals surface area contributed by atoms with Gasteiger partial charge in [0.05, 0.1) is 7.11 Å². The van der Waals surface area contributed by atoms with Crippen molar-refractivity contribution in [2.24, 2.45) is 16.1 Å². The summed E-state index contributed by atoms with van der Waals surface area (Å²) < 4.78 is 10.7. The summed E-state index contributed by atoms with van der Waals surface area (Å²) >= 11 is 0. The van der Waals surface area contributed by atoms with Crippen LogP contribution in [0.15, 0.2) is 29.3 Å². The Hall–Kier alpha value is -1.02. The highest BCUT2D eigenvalue weighted by molar-refractivity contribution is 14.0. The molecular weight excluding hydrogens is 405 g/mol. The van der Waals surface area contributed by atoms with Crippen LogP contribution in [0, 0.1) is 5.41 Å². The standard InChI is InChI=1S/C17H27N3O2.HI/c1-3-22-11-10-17(8-5-9-17)13-19-16(18)20-14-6-4-7-15(12-14)21-2;/h4,6-7,12H,3,5,8-11,13H2,1-2H3,(H3,18,19,20);1H. The van der Waals surface area contributed by atoms with E-state index in [9.17, 15) is 0 Å². The summed E-state index contributed by atoms with van der Waals surface area (Å²) in [5, 5.41) is 3.12. The molecular formula is C17H28IN3O2.